The molecule has 1 aromatic rings. The number of hydrogen-bond donors (Lipinski definition) is 0. The van der Waals surface area contributed by atoms with E-state index in [4.69, 9.17) is 0 Å². The molecule has 1 rings (SSSR count). The molecule has 1 aromatic heterocycles. The summed E-state index contributed by atoms with van der Waals surface area (Å²) < 4.78 is 49.6. The Labute approximate surface area is 72.2 Å². The van der Waals surface area contributed by atoms with Gasteiger partial charge in [0.25, 0.3) is 12.9 Å². The van der Waals surface area contributed by atoms with Crippen LogP contribution in [0.4, 0.5) is 17.6 Å². The van der Waals surface area contributed by atoms with E-state index in [-0.39, 0.29) is 5.56 Å². The molecule has 0 saturated heterocycles. The summed E-state index contributed by atoms with van der Waals surface area (Å²) in [5.41, 5.74) is -1.15. The van der Waals surface area contributed by atoms with Crippen LogP contribution in [0.25, 0.3) is 0 Å². The van der Waals surface area contributed by atoms with Gasteiger partial charge in [-0.25, -0.2) is 17.6 Å². The van der Waals surface area contributed by atoms with Crippen LogP contribution in [0.2, 0.25) is 0 Å². The Morgan fingerprint density at radius 3 is 1.92 bits per heavy atom. The summed E-state index contributed by atoms with van der Waals surface area (Å²) in [6.45, 7) is 1.22. The third-order valence-corrected chi connectivity index (χ3v) is 1.79. The van der Waals surface area contributed by atoms with Crippen molar-refractivity contribution in [2.45, 2.75) is 19.8 Å². The molecule has 13 heavy (non-hydrogen) atoms. The van der Waals surface area contributed by atoms with E-state index in [1.165, 1.54) is 14.0 Å². The van der Waals surface area contributed by atoms with Crippen LogP contribution in [0.15, 0.2) is 0 Å². The fourth-order valence-corrected chi connectivity index (χ4v) is 1.18. The van der Waals surface area contributed by atoms with Gasteiger partial charge in [-0.2, -0.15) is 5.10 Å². The van der Waals surface area contributed by atoms with E-state index in [0.29, 0.717) is 0 Å². The summed E-state index contributed by atoms with van der Waals surface area (Å²) in [6, 6.07) is 0. The maximum atomic E-state index is 12.3. The minimum atomic E-state index is -2.81. The molecule has 0 saturated carbocycles. The van der Waals surface area contributed by atoms with Crippen molar-refractivity contribution in [3.8, 4) is 0 Å². The molecule has 1 heterocycles. The van der Waals surface area contributed by atoms with Gasteiger partial charge >= 0.3 is 0 Å². The molecule has 0 aliphatic heterocycles. The second-order valence-electron chi connectivity index (χ2n) is 2.62. The van der Waals surface area contributed by atoms with E-state index in [0.717, 1.165) is 4.68 Å². The smallest absolute Gasteiger partial charge is 0.266 e. The molecule has 0 spiro atoms. The van der Waals surface area contributed by atoms with Crippen LogP contribution in [-0.4, -0.2) is 9.78 Å². The molecular formula is C7H8F4N2. The zero-order valence-electron chi connectivity index (χ0n) is 7.06. The second kappa shape index (κ2) is 3.35. The van der Waals surface area contributed by atoms with Gasteiger partial charge in [0.2, 0.25) is 0 Å². The Hall–Kier alpha value is -1.07. The minimum Gasteiger partial charge on any atom is -0.266 e. The molecule has 0 bridgehead atoms. The van der Waals surface area contributed by atoms with Crippen LogP contribution >= 0.6 is 0 Å². The minimum absolute atomic E-state index is 0.132. The number of aromatic nitrogens is 2. The number of alkyl halides is 4. The van der Waals surface area contributed by atoms with E-state index >= 15 is 0 Å². The van der Waals surface area contributed by atoms with Crippen molar-refractivity contribution in [2.75, 3.05) is 0 Å². The maximum Gasteiger partial charge on any atom is 0.282 e. The van der Waals surface area contributed by atoms with Crippen LogP contribution in [-0.2, 0) is 7.05 Å². The average molecular weight is 196 g/mol. The van der Waals surface area contributed by atoms with Gasteiger partial charge < -0.3 is 0 Å². The van der Waals surface area contributed by atoms with Gasteiger partial charge in [-0.05, 0) is 6.92 Å². The Morgan fingerprint density at radius 1 is 1.15 bits per heavy atom. The van der Waals surface area contributed by atoms with Gasteiger partial charge in [-0.15, -0.1) is 0 Å². The molecule has 0 aromatic carbocycles. The second-order valence-corrected chi connectivity index (χ2v) is 2.62. The van der Waals surface area contributed by atoms with E-state index < -0.39 is 24.2 Å². The van der Waals surface area contributed by atoms with Crippen LogP contribution in [0.1, 0.15) is 29.8 Å². The molecule has 0 N–H and O–H groups in total. The van der Waals surface area contributed by atoms with Crippen molar-refractivity contribution in [2.24, 2.45) is 7.05 Å². The zero-order valence-corrected chi connectivity index (χ0v) is 7.06. The first kappa shape index (κ1) is 10.0. The highest BCUT2D eigenvalue weighted by atomic mass is 19.3. The molecule has 0 radical (unpaired) electrons. The first-order valence-electron chi connectivity index (χ1n) is 3.54. The first-order chi connectivity index (χ1) is 5.95. The van der Waals surface area contributed by atoms with E-state index in [2.05, 4.69) is 5.10 Å². The Kier molecular flexibility index (Phi) is 2.58. The summed E-state index contributed by atoms with van der Waals surface area (Å²) in [5.74, 6) is 0. The zero-order chi connectivity index (χ0) is 10.2. The van der Waals surface area contributed by atoms with Crippen molar-refractivity contribution in [1.29, 1.82) is 0 Å². The normalized spacial score (nSPS) is 11.7. The first-order valence-corrected chi connectivity index (χ1v) is 3.54. The van der Waals surface area contributed by atoms with Crippen molar-refractivity contribution in [3.63, 3.8) is 0 Å². The SMILES string of the molecule is Cc1c(C(F)F)nn(C)c1C(F)F. The Balaban J connectivity index is 3.22. The lowest BCUT2D eigenvalue weighted by Gasteiger charge is -2.00. The lowest BCUT2D eigenvalue weighted by molar-refractivity contribution is 0.140. The predicted molar refractivity (Wildman–Crippen MR) is 37.9 cm³/mol. The highest BCUT2D eigenvalue weighted by Crippen LogP contribution is 2.29. The van der Waals surface area contributed by atoms with Crippen molar-refractivity contribution < 1.29 is 17.6 Å². The van der Waals surface area contributed by atoms with Crippen LogP contribution in [0.3, 0.4) is 0 Å². The lowest BCUT2D eigenvalue weighted by Crippen LogP contribution is -1.99. The molecule has 6 heteroatoms. The number of aryl methyl sites for hydroxylation is 1. The lowest BCUT2D eigenvalue weighted by atomic mass is 10.2. The monoisotopic (exact) mass is 196 g/mol. The Morgan fingerprint density at radius 2 is 1.69 bits per heavy atom. The number of hydrogen-bond acceptors (Lipinski definition) is 1. The molecule has 0 fully saturated rings. The molecule has 0 unspecified atom stereocenters. The summed E-state index contributed by atoms with van der Waals surface area (Å²) in [5, 5.41) is 3.32. The van der Waals surface area contributed by atoms with E-state index in [9.17, 15) is 17.6 Å². The third-order valence-electron chi connectivity index (χ3n) is 1.79. The third kappa shape index (κ3) is 1.66. The van der Waals surface area contributed by atoms with Crippen molar-refractivity contribution in [1.82, 2.24) is 9.78 Å². The molecular weight excluding hydrogens is 188 g/mol. The van der Waals surface area contributed by atoms with Crippen LogP contribution in [0.5, 0.6) is 0 Å². The standard InChI is InChI=1S/C7H8F4N2/c1-3-4(6(8)9)12-13(2)5(3)7(10)11/h6-7H,1-2H3. The molecule has 2 nitrogen and oxygen atoms in total. The average Bonchev–Trinajstić information content (AvgIpc) is 2.26. The molecule has 0 aliphatic carbocycles. The highest BCUT2D eigenvalue weighted by Gasteiger charge is 2.24. The van der Waals surface area contributed by atoms with E-state index in [1.54, 1.807) is 0 Å². The fraction of sp³-hybridized carbons (Fsp3) is 0.571. The topological polar surface area (TPSA) is 17.8 Å². The van der Waals surface area contributed by atoms with Gasteiger partial charge in [-0.1, -0.05) is 0 Å². The molecule has 0 atom stereocenters. The van der Waals surface area contributed by atoms with Crippen molar-refractivity contribution >= 4 is 0 Å². The summed E-state index contributed by atoms with van der Waals surface area (Å²) in [6.07, 6.45) is -5.58. The molecule has 0 aliphatic rings. The Bertz CT molecular complexity index is 306. The molecule has 0 amide bonds. The van der Waals surface area contributed by atoms with Gasteiger partial charge in [0.1, 0.15) is 11.4 Å². The van der Waals surface area contributed by atoms with E-state index in [1.807, 2.05) is 0 Å². The van der Waals surface area contributed by atoms with Crippen LogP contribution in [0, 0.1) is 6.92 Å². The summed E-state index contributed by atoms with van der Waals surface area (Å²) >= 11 is 0. The summed E-state index contributed by atoms with van der Waals surface area (Å²) in [7, 11) is 1.22. The number of nitrogens with zero attached hydrogens (tertiary/aromatic N) is 2. The van der Waals surface area contributed by atoms with Crippen molar-refractivity contribution in [3.05, 3.63) is 17.0 Å². The van der Waals surface area contributed by atoms with Gasteiger partial charge in [-0.3, -0.25) is 4.68 Å². The maximum absolute atomic E-state index is 12.3. The van der Waals surface area contributed by atoms with Gasteiger partial charge in [0, 0.05) is 12.6 Å². The number of rotatable bonds is 2. The van der Waals surface area contributed by atoms with Crippen LogP contribution < -0.4 is 0 Å². The fourth-order valence-electron chi connectivity index (χ4n) is 1.18. The predicted octanol–water partition coefficient (Wildman–Crippen LogP) is 2.60. The van der Waals surface area contributed by atoms with Gasteiger partial charge in [0.15, 0.2) is 0 Å². The molecule has 74 valence electrons. The summed E-state index contributed by atoms with van der Waals surface area (Å²) in [4.78, 5) is 0. The van der Waals surface area contributed by atoms with Gasteiger partial charge in [0.05, 0.1) is 0 Å². The quantitative estimate of drug-likeness (QED) is 0.665. The number of halogens is 4. The largest absolute Gasteiger partial charge is 0.282 e. The highest BCUT2D eigenvalue weighted by molar-refractivity contribution is 5.26.